The molecule has 0 amide bonds. The lowest BCUT2D eigenvalue weighted by Gasteiger charge is -2.17. The van der Waals surface area contributed by atoms with Crippen LogP contribution in [0.1, 0.15) is 10.4 Å². The SMILES string of the molecule is COC(=O)c1ccc(S(=O)(=O)N2CC(O)C(O)C2)c(N)c1. The zero-order valence-corrected chi connectivity index (χ0v) is 12.1. The fraction of sp³-hybridized carbons (Fsp3) is 0.417. The van der Waals surface area contributed by atoms with E-state index in [1.165, 1.54) is 25.3 Å². The number of carbonyl (C=O) groups excluding carboxylic acids is 1. The third-order valence-electron chi connectivity index (χ3n) is 3.27. The van der Waals surface area contributed by atoms with Gasteiger partial charge in [-0.25, -0.2) is 13.2 Å². The second kappa shape index (κ2) is 5.60. The predicted molar refractivity (Wildman–Crippen MR) is 73.0 cm³/mol. The molecule has 1 fully saturated rings. The third kappa shape index (κ3) is 2.86. The van der Waals surface area contributed by atoms with Crippen molar-refractivity contribution in [3.63, 3.8) is 0 Å². The number of aliphatic hydroxyl groups excluding tert-OH is 2. The average molecular weight is 316 g/mol. The van der Waals surface area contributed by atoms with Gasteiger partial charge >= 0.3 is 5.97 Å². The van der Waals surface area contributed by atoms with Gasteiger partial charge in [-0.05, 0) is 18.2 Å². The van der Waals surface area contributed by atoms with Crippen molar-refractivity contribution in [1.82, 2.24) is 4.31 Å². The smallest absolute Gasteiger partial charge is 0.337 e. The molecule has 21 heavy (non-hydrogen) atoms. The van der Waals surface area contributed by atoms with Gasteiger partial charge in [0.2, 0.25) is 10.0 Å². The second-order valence-electron chi connectivity index (χ2n) is 4.70. The Balaban J connectivity index is 2.35. The van der Waals surface area contributed by atoms with E-state index in [2.05, 4.69) is 4.74 Å². The minimum absolute atomic E-state index is 0.103. The van der Waals surface area contributed by atoms with Gasteiger partial charge in [-0.1, -0.05) is 0 Å². The lowest BCUT2D eigenvalue weighted by atomic mass is 10.2. The van der Waals surface area contributed by atoms with Gasteiger partial charge in [0.25, 0.3) is 0 Å². The van der Waals surface area contributed by atoms with Crippen LogP contribution in [0.4, 0.5) is 5.69 Å². The van der Waals surface area contributed by atoms with E-state index < -0.39 is 28.2 Å². The van der Waals surface area contributed by atoms with Crippen molar-refractivity contribution < 1.29 is 28.2 Å². The number of nitrogen functional groups attached to an aromatic ring is 1. The van der Waals surface area contributed by atoms with Crippen molar-refractivity contribution in [3.8, 4) is 0 Å². The highest BCUT2D eigenvalue weighted by atomic mass is 32.2. The van der Waals surface area contributed by atoms with Gasteiger partial charge in [0, 0.05) is 13.1 Å². The Kier molecular flexibility index (Phi) is 4.19. The zero-order valence-electron chi connectivity index (χ0n) is 11.3. The minimum atomic E-state index is -3.95. The van der Waals surface area contributed by atoms with Crippen LogP contribution in [0.25, 0.3) is 0 Å². The number of nitrogens with zero attached hydrogens (tertiary/aromatic N) is 1. The molecule has 1 saturated heterocycles. The summed E-state index contributed by atoms with van der Waals surface area (Å²) >= 11 is 0. The number of ether oxygens (including phenoxy) is 1. The minimum Gasteiger partial charge on any atom is -0.465 e. The molecule has 116 valence electrons. The predicted octanol–water partition coefficient (Wildman–Crippen LogP) is -1.22. The molecule has 0 spiro atoms. The Morgan fingerprint density at radius 1 is 1.33 bits per heavy atom. The van der Waals surface area contributed by atoms with E-state index in [1.54, 1.807) is 0 Å². The summed E-state index contributed by atoms with van der Waals surface area (Å²) in [4.78, 5) is 11.2. The molecule has 0 radical (unpaired) electrons. The van der Waals surface area contributed by atoms with Gasteiger partial charge < -0.3 is 20.7 Å². The van der Waals surface area contributed by atoms with Crippen LogP contribution in [-0.4, -0.2) is 61.3 Å². The number of hydrogen-bond donors (Lipinski definition) is 3. The molecule has 0 aliphatic carbocycles. The number of benzene rings is 1. The van der Waals surface area contributed by atoms with Gasteiger partial charge in [-0.3, -0.25) is 0 Å². The molecule has 1 aliphatic rings. The molecular formula is C12H16N2O6S. The van der Waals surface area contributed by atoms with Crippen LogP contribution in [0.2, 0.25) is 0 Å². The van der Waals surface area contributed by atoms with E-state index >= 15 is 0 Å². The molecule has 1 aliphatic heterocycles. The highest BCUT2D eigenvalue weighted by molar-refractivity contribution is 7.89. The summed E-state index contributed by atoms with van der Waals surface area (Å²) in [7, 11) is -2.74. The highest BCUT2D eigenvalue weighted by Gasteiger charge is 2.38. The average Bonchev–Trinajstić information content (AvgIpc) is 2.78. The lowest BCUT2D eigenvalue weighted by Crippen LogP contribution is -2.30. The van der Waals surface area contributed by atoms with Crippen LogP contribution in [0.3, 0.4) is 0 Å². The van der Waals surface area contributed by atoms with Crippen LogP contribution in [-0.2, 0) is 14.8 Å². The number of anilines is 1. The fourth-order valence-electron chi connectivity index (χ4n) is 2.10. The van der Waals surface area contributed by atoms with Crippen LogP contribution >= 0.6 is 0 Å². The zero-order chi connectivity index (χ0) is 15.8. The molecule has 4 N–H and O–H groups in total. The lowest BCUT2D eigenvalue weighted by molar-refractivity contribution is 0.0572. The molecule has 1 aromatic carbocycles. The highest BCUT2D eigenvalue weighted by Crippen LogP contribution is 2.26. The number of nitrogens with two attached hydrogens (primary N) is 1. The number of aliphatic hydroxyl groups is 2. The molecule has 0 bridgehead atoms. The summed E-state index contributed by atoms with van der Waals surface area (Å²) in [6.45, 7) is -0.413. The van der Waals surface area contributed by atoms with E-state index in [-0.39, 0.29) is 29.2 Å². The molecule has 1 heterocycles. The van der Waals surface area contributed by atoms with Gasteiger partial charge in [0.1, 0.15) is 4.90 Å². The maximum Gasteiger partial charge on any atom is 0.337 e. The second-order valence-corrected chi connectivity index (χ2v) is 6.61. The number of hydrogen-bond acceptors (Lipinski definition) is 7. The molecule has 1 aromatic rings. The Hall–Kier alpha value is -1.68. The number of sulfonamides is 1. The standard InChI is InChI=1S/C12H16N2O6S/c1-20-12(17)7-2-3-11(8(13)4-7)21(18,19)14-5-9(15)10(16)6-14/h2-4,9-10,15-16H,5-6,13H2,1H3. The maximum absolute atomic E-state index is 12.4. The Morgan fingerprint density at radius 2 is 1.90 bits per heavy atom. The number of β-amino-alcohol motifs (C(OH)–C–C–N with tert-alkyl or cyclic N) is 2. The molecule has 2 atom stereocenters. The summed E-state index contributed by atoms with van der Waals surface area (Å²) in [6.07, 6.45) is -2.26. The van der Waals surface area contributed by atoms with E-state index in [0.717, 1.165) is 4.31 Å². The van der Waals surface area contributed by atoms with Gasteiger partial charge in [-0.2, -0.15) is 4.31 Å². The van der Waals surface area contributed by atoms with Gasteiger partial charge in [-0.15, -0.1) is 0 Å². The van der Waals surface area contributed by atoms with E-state index in [0.29, 0.717) is 0 Å². The first-order valence-electron chi connectivity index (χ1n) is 6.11. The summed E-state index contributed by atoms with van der Waals surface area (Å²) in [5.41, 5.74) is 5.73. The van der Waals surface area contributed by atoms with Crippen molar-refractivity contribution in [2.75, 3.05) is 25.9 Å². The van der Waals surface area contributed by atoms with Crippen molar-refractivity contribution in [1.29, 1.82) is 0 Å². The normalized spacial score (nSPS) is 23.2. The number of esters is 1. The molecule has 0 aromatic heterocycles. The largest absolute Gasteiger partial charge is 0.465 e. The quantitative estimate of drug-likeness (QED) is 0.471. The molecule has 2 rings (SSSR count). The molecule has 9 heteroatoms. The first-order chi connectivity index (χ1) is 9.77. The van der Waals surface area contributed by atoms with E-state index in [1.807, 2.05) is 0 Å². The fourth-order valence-corrected chi connectivity index (χ4v) is 3.67. The summed E-state index contributed by atoms with van der Waals surface area (Å²) in [5, 5.41) is 18.9. The van der Waals surface area contributed by atoms with Gasteiger partial charge in [0.05, 0.1) is 30.6 Å². The van der Waals surface area contributed by atoms with Crippen LogP contribution < -0.4 is 5.73 Å². The number of methoxy groups -OCH3 is 1. The third-order valence-corrected chi connectivity index (χ3v) is 5.18. The molecule has 8 nitrogen and oxygen atoms in total. The van der Waals surface area contributed by atoms with Crippen molar-refractivity contribution in [2.24, 2.45) is 0 Å². The maximum atomic E-state index is 12.4. The molecule has 2 unspecified atom stereocenters. The first-order valence-corrected chi connectivity index (χ1v) is 7.55. The van der Waals surface area contributed by atoms with Gasteiger partial charge in [0.15, 0.2) is 0 Å². The van der Waals surface area contributed by atoms with Crippen molar-refractivity contribution in [3.05, 3.63) is 23.8 Å². The van der Waals surface area contributed by atoms with Crippen LogP contribution in [0.15, 0.2) is 23.1 Å². The Morgan fingerprint density at radius 3 is 2.38 bits per heavy atom. The summed E-state index contributed by atoms with van der Waals surface area (Å²) in [6, 6.07) is 3.70. The topological polar surface area (TPSA) is 130 Å². The van der Waals surface area contributed by atoms with Crippen molar-refractivity contribution in [2.45, 2.75) is 17.1 Å². The van der Waals surface area contributed by atoms with Crippen molar-refractivity contribution >= 4 is 21.7 Å². The van der Waals surface area contributed by atoms with E-state index in [9.17, 15) is 23.4 Å². The first kappa shape index (κ1) is 15.7. The number of carbonyl (C=O) groups is 1. The Labute approximate surface area is 121 Å². The number of rotatable bonds is 3. The van der Waals surface area contributed by atoms with E-state index in [4.69, 9.17) is 5.73 Å². The van der Waals surface area contributed by atoms with Crippen LogP contribution in [0.5, 0.6) is 0 Å². The van der Waals surface area contributed by atoms with Crippen LogP contribution in [0, 0.1) is 0 Å². The monoisotopic (exact) mass is 316 g/mol. The Bertz CT molecular complexity index is 650. The summed E-state index contributed by atoms with van der Waals surface area (Å²) in [5.74, 6) is -0.627. The summed E-state index contributed by atoms with van der Waals surface area (Å²) < 4.78 is 30.3. The molecule has 0 saturated carbocycles. The molecular weight excluding hydrogens is 300 g/mol.